The van der Waals surface area contributed by atoms with Crippen LogP contribution in [0.25, 0.3) is 0 Å². The maximum Gasteiger partial charge on any atom is 0.118 e. The molecule has 0 aliphatic heterocycles. The summed E-state index contributed by atoms with van der Waals surface area (Å²) in [5.74, 6) is -4.23. The molecule has 1 aromatic rings. The van der Waals surface area contributed by atoms with Gasteiger partial charge in [0.15, 0.2) is 0 Å². The maximum absolute atomic E-state index is 12.0. The van der Waals surface area contributed by atoms with Crippen molar-refractivity contribution in [1.82, 2.24) is 4.90 Å². The second-order valence-corrected chi connectivity index (χ2v) is 3.89. The van der Waals surface area contributed by atoms with Crippen molar-refractivity contribution < 1.29 is 35.9 Å². The lowest BCUT2D eigenvalue weighted by Gasteiger charge is -2.40. The molecular formula is C17H27NO2. The van der Waals surface area contributed by atoms with Crippen LogP contribution in [0.5, 0.6) is 5.75 Å². The van der Waals surface area contributed by atoms with Gasteiger partial charge in [0.1, 0.15) is 5.75 Å². The summed E-state index contributed by atoms with van der Waals surface area (Å²) in [6.07, 6.45) is -21.4. The highest BCUT2D eigenvalue weighted by Gasteiger charge is 2.38. The molecule has 1 aromatic carbocycles. The molecule has 1 aliphatic carbocycles. The zero-order valence-electron chi connectivity index (χ0n) is 29.6. The van der Waals surface area contributed by atoms with E-state index in [4.69, 9.17) is 29.4 Å². The van der Waals surface area contributed by atoms with Crippen LogP contribution in [-0.2, 0) is 0 Å². The van der Waals surface area contributed by atoms with Crippen molar-refractivity contribution in [2.45, 2.75) is 43.4 Å². The molecule has 0 aromatic heterocycles. The molecule has 2 rings (SSSR count). The largest absolute Gasteiger partial charge is 0.497 e. The number of ether oxygens (including phenoxy) is 1. The number of rotatable bonds is 5. The first-order valence-electron chi connectivity index (χ1n) is 15.1. The molecule has 3 heteroatoms. The molecule has 0 amide bonds. The molecular weight excluding hydrogens is 250 g/mol. The van der Waals surface area contributed by atoms with Crippen molar-refractivity contribution in [3.8, 4) is 5.75 Å². The summed E-state index contributed by atoms with van der Waals surface area (Å²) in [6, 6.07) is 3.45. The SMILES string of the molecule is [2H]C([2H])([2H])N(C([2H])([2H])[2H])C([2H])([2H])[C@]([2H])(c1ccc(OC)cc1)C1(O)C([2H])([2H])C([2H])([2H])C([2H])([2H])C([2H])([2H])C1([2H])[2H]. The van der Waals surface area contributed by atoms with Crippen LogP contribution in [0, 0.1) is 0 Å². The minimum atomic E-state index is -4.67. The fourth-order valence-corrected chi connectivity index (χ4v) is 1.65. The third-order valence-electron chi connectivity index (χ3n) is 2.58. The summed E-state index contributed by atoms with van der Waals surface area (Å²) >= 11 is 0. The second kappa shape index (κ2) is 6.59. The minimum absolute atomic E-state index is 0.00816. The summed E-state index contributed by atoms with van der Waals surface area (Å²) in [6.45, 7) is -12.3. The Labute approximate surface area is 149 Å². The van der Waals surface area contributed by atoms with Gasteiger partial charge in [0.05, 0.1) is 12.7 Å². The summed E-state index contributed by atoms with van der Waals surface area (Å²) in [5.41, 5.74) is -5.67. The topological polar surface area (TPSA) is 32.7 Å². The highest BCUT2D eigenvalue weighted by Crippen LogP contribution is 2.40. The van der Waals surface area contributed by atoms with Gasteiger partial charge in [-0.3, -0.25) is 0 Å². The third-order valence-corrected chi connectivity index (χ3v) is 2.58. The zero-order chi connectivity index (χ0) is 31.3. The van der Waals surface area contributed by atoms with Crippen LogP contribution in [0.4, 0.5) is 0 Å². The Morgan fingerprint density at radius 2 is 2.05 bits per heavy atom. The molecule has 3 nitrogen and oxygen atoms in total. The lowest BCUT2D eigenvalue weighted by Crippen LogP contribution is -2.42. The van der Waals surface area contributed by atoms with Crippen molar-refractivity contribution in [3.63, 3.8) is 0 Å². The monoisotopic (exact) mass is 296 g/mol. The molecule has 1 aliphatic rings. The van der Waals surface area contributed by atoms with Crippen molar-refractivity contribution in [1.29, 1.82) is 0 Å². The van der Waals surface area contributed by atoms with Crippen LogP contribution in [0.3, 0.4) is 0 Å². The van der Waals surface area contributed by atoms with E-state index >= 15 is 0 Å². The fraction of sp³-hybridized carbons (Fsp3) is 0.647. The number of nitrogens with zero attached hydrogens (tertiary/aromatic N) is 1. The first-order valence-corrected chi connectivity index (χ1v) is 5.58. The predicted molar refractivity (Wildman–Crippen MR) is 82.3 cm³/mol. The Morgan fingerprint density at radius 1 is 1.40 bits per heavy atom. The molecule has 1 saturated carbocycles. The molecule has 1 fully saturated rings. The van der Waals surface area contributed by atoms with Gasteiger partial charge in [-0.1, -0.05) is 31.3 Å². The van der Waals surface area contributed by atoms with Crippen LogP contribution in [0.1, 0.15) is 69.4 Å². The van der Waals surface area contributed by atoms with Crippen LogP contribution >= 0.6 is 0 Å². The van der Waals surface area contributed by atoms with Crippen molar-refractivity contribution >= 4 is 0 Å². The van der Waals surface area contributed by atoms with Crippen LogP contribution in [0.2, 0.25) is 0 Å². The van der Waals surface area contributed by atoms with Gasteiger partial charge in [0, 0.05) is 38.4 Å². The van der Waals surface area contributed by atoms with Gasteiger partial charge in [-0.2, -0.15) is 0 Å². The maximum atomic E-state index is 12.0. The van der Waals surface area contributed by atoms with Crippen molar-refractivity contribution in [3.05, 3.63) is 29.8 Å². The molecule has 0 radical (unpaired) electrons. The summed E-state index contributed by atoms with van der Waals surface area (Å²) < 4.78 is 160. The smallest absolute Gasteiger partial charge is 0.118 e. The summed E-state index contributed by atoms with van der Waals surface area (Å²) in [4.78, 5) is -0.872. The van der Waals surface area contributed by atoms with E-state index in [1.165, 1.54) is 7.11 Å². The Hall–Kier alpha value is -1.06. The molecule has 20 heavy (non-hydrogen) atoms. The van der Waals surface area contributed by atoms with Crippen LogP contribution in [-0.4, -0.2) is 43.2 Å². The van der Waals surface area contributed by atoms with Gasteiger partial charge in [-0.25, -0.2) is 0 Å². The van der Waals surface area contributed by atoms with E-state index in [-0.39, 0.29) is 5.75 Å². The Bertz CT molecular complexity index is 1030. The average molecular weight is 297 g/mol. The van der Waals surface area contributed by atoms with E-state index in [2.05, 4.69) is 0 Å². The summed E-state index contributed by atoms with van der Waals surface area (Å²) in [5, 5.41) is 12.0. The van der Waals surface area contributed by atoms with Gasteiger partial charge in [-0.15, -0.1) is 0 Å². The van der Waals surface area contributed by atoms with Crippen LogP contribution < -0.4 is 4.74 Å². The predicted octanol–water partition coefficient (Wildman–Crippen LogP) is 3.04. The van der Waals surface area contributed by atoms with E-state index < -0.39 is 74.3 Å². The van der Waals surface area contributed by atoms with E-state index in [1.807, 2.05) is 0 Å². The number of hydrogen-bond donors (Lipinski definition) is 1. The first-order chi connectivity index (χ1) is 16.9. The van der Waals surface area contributed by atoms with Gasteiger partial charge in [0.25, 0.3) is 0 Å². The Morgan fingerprint density at radius 3 is 2.60 bits per heavy atom. The number of methoxy groups -OCH3 is 1. The number of benzene rings is 1. The van der Waals surface area contributed by atoms with E-state index in [1.54, 1.807) is 0 Å². The number of aliphatic hydroxyl groups is 1. The lowest BCUT2D eigenvalue weighted by atomic mass is 9.72. The second-order valence-electron chi connectivity index (χ2n) is 3.89. The minimum Gasteiger partial charge on any atom is -0.497 e. The average Bonchev–Trinajstić information content (AvgIpc) is 2.73. The Kier molecular flexibility index (Phi) is 1.33. The zero-order valence-corrected chi connectivity index (χ0v) is 10.6. The third kappa shape index (κ3) is 3.53. The van der Waals surface area contributed by atoms with Gasteiger partial charge in [0.2, 0.25) is 0 Å². The quantitative estimate of drug-likeness (QED) is 0.906. The molecule has 0 heterocycles. The van der Waals surface area contributed by atoms with Gasteiger partial charge < -0.3 is 14.7 Å². The van der Waals surface area contributed by atoms with Crippen LogP contribution in [0.15, 0.2) is 24.3 Å². The highest BCUT2D eigenvalue weighted by atomic mass is 16.5. The lowest BCUT2D eigenvalue weighted by molar-refractivity contribution is -0.0277. The normalized spacial score (nSPS) is 50.0. The standard InChI is InChI=1S/C17H27NO2/c1-18(2)13-16(17(19)11-5-4-6-12-17)14-7-9-15(20-3)10-8-14/h7-10,16,19H,4-6,11-13H2,1-3H3/t16-/m1/s1/i1D3,2D3,4D2,5D2,6D2,11D2,12D2,13D2,16D. The fourth-order valence-electron chi connectivity index (χ4n) is 1.65. The highest BCUT2D eigenvalue weighted by molar-refractivity contribution is 5.31. The van der Waals surface area contributed by atoms with Gasteiger partial charge >= 0.3 is 0 Å². The summed E-state index contributed by atoms with van der Waals surface area (Å²) in [7, 11) is 1.18. The molecule has 0 bridgehead atoms. The van der Waals surface area contributed by atoms with E-state index in [0.717, 1.165) is 24.3 Å². The van der Waals surface area contributed by atoms with E-state index in [0.29, 0.717) is 0 Å². The molecule has 1 N–H and O–H groups in total. The number of hydrogen-bond acceptors (Lipinski definition) is 3. The van der Waals surface area contributed by atoms with Crippen molar-refractivity contribution in [2.75, 3.05) is 27.6 Å². The molecule has 1 atom stereocenters. The van der Waals surface area contributed by atoms with E-state index in [9.17, 15) is 6.48 Å². The molecule has 0 spiro atoms. The molecule has 0 saturated heterocycles. The molecule has 0 unspecified atom stereocenters. The number of likely N-dealkylation sites (N-methyl/N-ethyl adjacent to an activating group) is 1. The van der Waals surface area contributed by atoms with Crippen molar-refractivity contribution in [2.24, 2.45) is 0 Å². The Balaban J connectivity index is 3.29. The molecule has 112 valence electrons. The van der Waals surface area contributed by atoms with Gasteiger partial charge in [-0.05, 0) is 44.4 Å². The first kappa shape index (κ1) is 4.02.